The molecule has 122 valence electrons. The Morgan fingerprint density at radius 1 is 1.19 bits per heavy atom. The third-order valence-electron chi connectivity index (χ3n) is 3.62. The lowest BCUT2D eigenvalue weighted by atomic mass is 9.86. The molecule has 1 aliphatic rings. The highest BCUT2D eigenvalue weighted by molar-refractivity contribution is 5.74. The molecule has 1 rings (SSSR count). The molecule has 0 bridgehead atoms. The third-order valence-corrected chi connectivity index (χ3v) is 3.62. The van der Waals surface area contributed by atoms with Crippen LogP contribution in [0.5, 0.6) is 0 Å². The molecule has 1 atom stereocenters. The quantitative estimate of drug-likeness (QED) is 0.628. The lowest BCUT2D eigenvalue weighted by Gasteiger charge is -2.29. The summed E-state index contributed by atoms with van der Waals surface area (Å²) in [6, 6.07) is -1.07. The summed E-state index contributed by atoms with van der Waals surface area (Å²) in [6.45, 7) is -0.377. The molecule has 4 N–H and O–H groups in total. The zero-order chi connectivity index (χ0) is 16.3. The van der Waals surface area contributed by atoms with Gasteiger partial charge in [-0.25, -0.2) is 4.79 Å². The van der Waals surface area contributed by atoms with Crippen molar-refractivity contribution in [2.24, 2.45) is 5.92 Å². The van der Waals surface area contributed by atoms with Gasteiger partial charge in [0.25, 0.3) is 0 Å². The predicted molar refractivity (Wildman–Crippen MR) is 66.6 cm³/mol. The van der Waals surface area contributed by atoms with Crippen molar-refractivity contribution in [1.29, 1.82) is 0 Å². The number of hydrogen-bond acceptors (Lipinski definition) is 3. The fraction of sp³-hybridized carbons (Fsp3) is 0.833. The van der Waals surface area contributed by atoms with Crippen LogP contribution in [0.1, 0.15) is 32.6 Å². The van der Waals surface area contributed by atoms with Crippen molar-refractivity contribution in [3.8, 4) is 0 Å². The number of hydrogen-bond donors (Lipinski definition) is 4. The van der Waals surface area contributed by atoms with Crippen LogP contribution in [0.2, 0.25) is 0 Å². The Morgan fingerprint density at radius 2 is 1.71 bits per heavy atom. The number of carbonyl (C=O) groups is 2. The van der Waals surface area contributed by atoms with Gasteiger partial charge in [0, 0.05) is 6.04 Å². The van der Waals surface area contributed by atoms with Crippen molar-refractivity contribution < 1.29 is 33.0 Å². The second kappa shape index (κ2) is 6.50. The number of aliphatic hydroxyl groups is 1. The van der Waals surface area contributed by atoms with Crippen LogP contribution >= 0.6 is 0 Å². The van der Waals surface area contributed by atoms with Gasteiger partial charge in [-0.1, -0.05) is 0 Å². The highest BCUT2D eigenvalue weighted by atomic mass is 19.4. The van der Waals surface area contributed by atoms with Gasteiger partial charge in [-0.05, 0) is 32.6 Å². The minimum atomic E-state index is -4.83. The lowest BCUT2D eigenvalue weighted by molar-refractivity contribution is -0.249. The van der Waals surface area contributed by atoms with Gasteiger partial charge in [0.15, 0.2) is 5.60 Å². The zero-order valence-electron chi connectivity index (χ0n) is 11.5. The summed E-state index contributed by atoms with van der Waals surface area (Å²) < 4.78 is 37.2. The van der Waals surface area contributed by atoms with Gasteiger partial charge in [-0.2, -0.15) is 13.2 Å². The number of amides is 2. The number of nitrogens with one attached hydrogen (secondary N) is 2. The monoisotopic (exact) mass is 312 g/mol. The van der Waals surface area contributed by atoms with Gasteiger partial charge < -0.3 is 20.8 Å². The molecular formula is C12H19F3N2O4. The smallest absolute Gasteiger partial charge is 0.418 e. The van der Waals surface area contributed by atoms with Gasteiger partial charge in [0.05, 0.1) is 12.5 Å². The minimum absolute atomic E-state index is 0.267. The molecule has 0 saturated heterocycles. The van der Waals surface area contributed by atoms with Crippen molar-refractivity contribution in [2.75, 3.05) is 6.54 Å². The van der Waals surface area contributed by atoms with E-state index in [1.807, 2.05) is 5.32 Å². The molecule has 0 spiro atoms. The third kappa shape index (κ3) is 5.07. The van der Waals surface area contributed by atoms with Crippen LogP contribution in [-0.4, -0.2) is 46.6 Å². The zero-order valence-corrected chi connectivity index (χ0v) is 11.5. The maximum atomic E-state index is 12.4. The first-order valence-electron chi connectivity index (χ1n) is 6.59. The highest BCUT2D eigenvalue weighted by Gasteiger charge is 2.49. The molecule has 1 aliphatic carbocycles. The van der Waals surface area contributed by atoms with Gasteiger partial charge in [0.2, 0.25) is 0 Å². The summed E-state index contributed by atoms with van der Waals surface area (Å²) in [5.74, 6) is -1.31. The number of carbonyl (C=O) groups excluding carboxylic acids is 1. The van der Waals surface area contributed by atoms with E-state index in [0.717, 1.165) is 0 Å². The summed E-state index contributed by atoms with van der Waals surface area (Å²) in [4.78, 5) is 22.2. The first-order chi connectivity index (χ1) is 9.53. The molecule has 9 heteroatoms. The van der Waals surface area contributed by atoms with E-state index >= 15 is 0 Å². The molecule has 21 heavy (non-hydrogen) atoms. The summed E-state index contributed by atoms with van der Waals surface area (Å²) in [5.41, 5.74) is -2.99. The number of carboxylic acids is 1. The summed E-state index contributed by atoms with van der Waals surface area (Å²) in [6.07, 6.45) is -3.08. The molecule has 1 unspecified atom stereocenters. The van der Waals surface area contributed by atoms with Gasteiger partial charge in [0.1, 0.15) is 0 Å². The first-order valence-corrected chi connectivity index (χ1v) is 6.59. The molecule has 0 aromatic heterocycles. The van der Waals surface area contributed by atoms with Gasteiger partial charge >= 0.3 is 18.2 Å². The van der Waals surface area contributed by atoms with E-state index in [2.05, 4.69) is 5.32 Å². The van der Waals surface area contributed by atoms with Gasteiger partial charge in [-0.3, -0.25) is 4.79 Å². The van der Waals surface area contributed by atoms with Crippen LogP contribution in [0.4, 0.5) is 18.0 Å². The Morgan fingerprint density at radius 3 is 2.14 bits per heavy atom. The van der Waals surface area contributed by atoms with E-state index < -0.39 is 36.2 Å². The highest BCUT2D eigenvalue weighted by Crippen LogP contribution is 2.29. The average Bonchev–Trinajstić information content (AvgIpc) is 2.36. The number of halogens is 3. The molecule has 0 aromatic rings. The minimum Gasteiger partial charge on any atom is -0.481 e. The molecule has 0 aromatic carbocycles. The van der Waals surface area contributed by atoms with Crippen LogP contribution in [0.15, 0.2) is 0 Å². The molecule has 6 nitrogen and oxygen atoms in total. The van der Waals surface area contributed by atoms with Crippen LogP contribution in [0.25, 0.3) is 0 Å². The Balaban J connectivity index is 2.34. The number of rotatable bonds is 4. The van der Waals surface area contributed by atoms with Crippen molar-refractivity contribution >= 4 is 12.0 Å². The molecule has 0 radical (unpaired) electrons. The summed E-state index contributed by atoms with van der Waals surface area (Å²) in [7, 11) is 0. The maximum absolute atomic E-state index is 12.4. The van der Waals surface area contributed by atoms with E-state index in [1.54, 1.807) is 0 Å². The maximum Gasteiger partial charge on any atom is 0.418 e. The standard InChI is InChI=1S/C12H19F3N2O4/c1-11(21,12(13,14)15)6-16-10(20)17-8-4-2-7(3-5-8)9(18)19/h7-8,21H,2-6H2,1H3,(H,18,19)(H2,16,17,20). The fourth-order valence-electron chi connectivity index (χ4n) is 2.07. The first kappa shape index (κ1) is 17.5. The topological polar surface area (TPSA) is 98.7 Å². The van der Waals surface area contributed by atoms with Crippen LogP contribution in [-0.2, 0) is 4.79 Å². The second-order valence-electron chi connectivity index (χ2n) is 5.49. The predicted octanol–water partition coefficient (Wildman–Crippen LogP) is 1.24. The van der Waals surface area contributed by atoms with Crippen molar-refractivity contribution in [2.45, 2.75) is 50.4 Å². The molecular weight excluding hydrogens is 293 g/mol. The number of urea groups is 1. The normalized spacial score (nSPS) is 25.8. The van der Waals surface area contributed by atoms with E-state index in [4.69, 9.17) is 10.2 Å². The largest absolute Gasteiger partial charge is 0.481 e. The number of carboxylic acid groups (broad SMARTS) is 1. The van der Waals surface area contributed by atoms with Crippen LogP contribution < -0.4 is 10.6 Å². The Hall–Kier alpha value is -1.51. The van der Waals surface area contributed by atoms with Crippen LogP contribution in [0.3, 0.4) is 0 Å². The van der Waals surface area contributed by atoms with E-state index in [1.165, 1.54) is 0 Å². The number of alkyl halides is 3. The summed E-state index contributed by atoms with van der Waals surface area (Å²) >= 11 is 0. The van der Waals surface area contributed by atoms with Crippen molar-refractivity contribution in [3.63, 3.8) is 0 Å². The molecule has 1 saturated carbocycles. The van der Waals surface area contributed by atoms with E-state index in [9.17, 15) is 22.8 Å². The van der Waals surface area contributed by atoms with Crippen LogP contribution in [0, 0.1) is 5.92 Å². The SMILES string of the molecule is CC(O)(CNC(=O)NC1CCC(C(=O)O)CC1)C(F)(F)F. The van der Waals surface area contributed by atoms with Gasteiger partial charge in [-0.15, -0.1) is 0 Å². The molecule has 1 fully saturated rings. The van der Waals surface area contributed by atoms with E-state index in [-0.39, 0.29) is 6.04 Å². The number of aliphatic carboxylic acids is 1. The molecule has 0 heterocycles. The average molecular weight is 312 g/mol. The van der Waals surface area contributed by atoms with Crippen molar-refractivity contribution in [1.82, 2.24) is 10.6 Å². The van der Waals surface area contributed by atoms with E-state index in [0.29, 0.717) is 32.6 Å². The fourth-order valence-corrected chi connectivity index (χ4v) is 2.07. The van der Waals surface area contributed by atoms with Crippen molar-refractivity contribution in [3.05, 3.63) is 0 Å². The molecule has 2 amide bonds. The Labute approximate surface area is 119 Å². The lowest BCUT2D eigenvalue weighted by Crippen LogP contribution is -2.54. The second-order valence-corrected chi connectivity index (χ2v) is 5.49. The Bertz CT molecular complexity index is 390. The Kier molecular flexibility index (Phi) is 5.43. The summed E-state index contributed by atoms with van der Waals surface area (Å²) in [5, 5.41) is 22.4. The molecule has 0 aliphatic heterocycles.